The molecule has 2 amide bonds. The standard InChI is InChI=1S/C21H28Cl2N4O2/c1-24-8-10-25(11-9-24)12-13-27-15-14-26(7-6-21(27)29)20(28)5-3-17-2-4-18(22)19(23)16-17/h2-5,16H,6-15H2,1H3/b5-3+. The molecule has 2 fully saturated rings. The Labute approximate surface area is 182 Å². The number of hydrogen-bond acceptors (Lipinski definition) is 4. The Bertz CT molecular complexity index is 763. The molecule has 6 nitrogen and oxygen atoms in total. The monoisotopic (exact) mass is 438 g/mol. The number of carbonyl (C=O) groups is 2. The molecule has 0 N–H and O–H groups in total. The molecule has 3 rings (SSSR count). The number of rotatable bonds is 5. The number of amides is 2. The lowest BCUT2D eigenvalue weighted by atomic mass is 10.2. The minimum atomic E-state index is -0.0928. The zero-order valence-electron chi connectivity index (χ0n) is 16.8. The van der Waals surface area contributed by atoms with Crippen molar-refractivity contribution in [3.8, 4) is 0 Å². The van der Waals surface area contributed by atoms with Gasteiger partial charge in [0.2, 0.25) is 11.8 Å². The summed E-state index contributed by atoms with van der Waals surface area (Å²) in [4.78, 5) is 33.4. The molecular weight excluding hydrogens is 411 g/mol. The first-order chi connectivity index (χ1) is 13.9. The summed E-state index contributed by atoms with van der Waals surface area (Å²) in [6, 6.07) is 5.24. The molecule has 1 aromatic carbocycles. The summed E-state index contributed by atoms with van der Waals surface area (Å²) < 4.78 is 0. The van der Waals surface area contributed by atoms with Crippen molar-refractivity contribution in [1.82, 2.24) is 19.6 Å². The molecule has 0 aliphatic carbocycles. The number of piperazine rings is 1. The fourth-order valence-electron chi connectivity index (χ4n) is 3.55. The van der Waals surface area contributed by atoms with Gasteiger partial charge < -0.3 is 14.7 Å². The molecule has 29 heavy (non-hydrogen) atoms. The van der Waals surface area contributed by atoms with Gasteiger partial charge in [-0.05, 0) is 30.8 Å². The van der Waals surface area contributed by atoms with E-state index in [1.54, 1.807) is 23.1 Å². The minimum Gasteiger partial charge on any atom is -0.340 e. The van der Waals surface area contributed by atoms with E-state index in [0.29, 0.717) is 36.1 Å². The highest BCUT2D eigenvalue weighted by molar-refractivity contribution is 6.42. The van der Waals surface area contributed by atoms with Crippen molar-refractivity contribution in [1.29, 1.82) is 0 Å². The second kappa shape index (κ2) is 10.4. The highest BCUT2D eigenvalue weighted by Gasteiger charge is 2.23. The van der Waals surface area contributed by atoms with E-state index in [1.165, 1.54) is 6.08 Å². The first-order valence-electron chi connectivity index (χ1n) is 10.0. The van der Waals surface area contributed by atoms with Gasteiger partial charge in [0.25, 0.3) is 0 Å². The largest absolute Gasteiger partial charge is 0.340 e. The first-order valence-corrected chi connectivity index (χ1v) is 10.8. The topological polar surface area (TPSA) is 47.1 Å². The van der Waals surface area contributed by atoms with Gasteiger partial charge in [0.15, 0.2) is 0 Å². The predicted molar refractivity (Wildman–Crippen MR) is 117 cm³/mol. The van der Waals surface area contributed by atoms with Crippen molar-refractivity contribution in [3.63, 3.8) is 0 Å². The predicted octanol–water partition coefficient (Wildman–Crippen LogP) is 2.31. The molecule has 8 heteroatoms. The summed E-state index contributed by atoms with van der Waals surface area (Å²) >= 11 is 11.9. The van der Waals surface area contributed by atoms with Crippen LogP contribution in [0.3, 0.4) is 0 Å². The van der Waals surface area contributed by atoms with E-state index in [1.807, 2.05) is 11.0 Å². The van der Waals surface area contributed by atoms with Gasteiger partial charge in [0, 0.05) is 71.4 Å². The van der Waals surface area contributed by atoms with Gasteiger partial charge in [-0.15, -0.1) is 0 Å². The molecule has 158 valence electrons. The highest BCUT2D eigenvalue weighted by atomic mass is 35.5. The minimum absolute atomic E-state index is 0.0928. The van der Waals surface area contributed by atoms with Gasteiger partial charge in [-0.1, -0.05) is 29.3 Å². The third-order valence-corrected chi connectivity index (χ3v) is 6.28. The number of halogens is 2. The van der Waals surface area contributed by atoms with E-state index in [2.05, 4.69) is 16.8 Å². The Morgan fingerprint density at radius 2 is 1.76 bits per heavy atom. The molecule has 0 bridgehead atoms. The molecule has 0 unspecified atom stereocenters. The number of likely N-dealkylation sites (N-methyl/N-ethyl adjacent to an activating group) is 1. The molecule has 0 saturated carbocycles. The van der Waals surface area contributed by atoms with Crippen LogP contribution in [0.2, 0.25) is 10.0 Å². The van der Waals surface area contributed by atoms with Crippen LogP contribution < -0.4 is 0 Å². The van der Waals surface area contributed by atoms with Crippen LogP contribution in [0.15, 0.2) is 24.3 Å². The average molecular weight is 439 g/mol. The van der Waals surface area contributed by atoms with Gasteiger partial charge in [-0.25, -0.2) is 0 Å². The van der Waals surface area contributed by atoms with Gasteiger partial charge in [0.05, 0.1) is 10.0 Å². The van der Waals surface area contributed by atoms with Crippen molar-refractivity contribution >= 4 is 41.1 Å². The van der Waals surface area contributed by atoms with Gasteiger partial charge >= 0.3 is 0 Å². The van der Waals surface area contributed by atoms with Crippen molar-refractivity contribution in [3.05, 3.63) is 39.9 Å². The Morgan fingerprint density at radius 3 is 2.48 bits per heavy atom. The maximum atomic E-state index is 12.6. The SMILES string of the molecule is CN1CCN(CCN2CCN(C(=O)/C=C/c3ccc(Cl)c(Cl)c3)CCC2=O)CC1. The van der Waals surface area contributed by atoms with Gasteiger partial charge in [-0.3, -0.25) is 14.5 Å². The fraction of sp³-hybridized carbons (Fsp3) is 0.524. The normalized spacial score (nSPS) is 19.8. The van der Waals surface area contributed by atoms with E-state index in [9.17, 15) is 9.59 Å². The summed E-state index contributed by atoms with van der Waals surface area (Å²) in [6.07, 6.45) is 3.63. The molecular formula is C21H28Cl2N4O2. The molecule has 0 atom stereocenters. The number of carbonyl (C=O) groups excluding carboxylic acids is 2. The molecule has 1 aromatic rings. The van der Waals surface area contributed by atoms with E-state index in [-0.39, 0.29) is 11.8 Å². The highest BCUT2D eigenvalue weighted by Crippen LogP contribution is 2.23. The second-order valence-corrected chi connectivity index (χ2v) is 8.42. The summed E-state index contributed by atoms with van der Waals surface area (Å²) in [7, 11) is 2.14. The maximum Gasteiger partial charge on any atom is 0.246 e. The Kier molecular flexibility index (Phi) is 7.95. The zero-order valence-corrected chi connectivity index (χ0v) is 18.3. The maximum absolute atomic E-state index is 12.6. The quantitative estimate of drug-likeness (QED) is 0.661. The third-order valence-electron chi connectivity index (χ3n) is 5.54. The summed E-state index contributed by atoms with van der Waals surface area (Å²) in [6.45, 7) is 7.44. The van der Waals surface area contributed by atoms with Crippen molar-refractivity contribution < 1.29 is 9.59 Å². The summed E-state index contributed by atoms with van der Waals surface area (Å²) in [5.41, 5.74) is 0.812. The Morgan fingerprint density at radius 1 is 1.00 bits per heavy atom. The number of hydrogen-bond donors (Lipinski definition) is 0. The van der Waals surface area contributed by atoms with Crippen LogP contribution in [-0.2, 0) is 9.59 Å². The molecule has 0 radical (unpaired) electrons. The van der Waals surface area contributed by atoms with E-state index in [0.717, 1.165) is 44.8 Å². The van der Waals surface area contributed by atoms with Crippen LogP contribution >= 0.6 is 23.2 Å². The van der Waals surface area contributed by atoms with E-state index < -0.39 is 0 Å². The molecule has 2 heterocycles. The molecule has 2 saturated heterocycles. The third kappa shape index (κ3) is 6.44. The second-order valence-electron chi connectivity index (χ2n) is 7.61. The van der Waals surface area contributed by atoms with Crippen molar-refractivity contribution in [2.24, 2.45) is 0 Å². The van der Waals surface area contributed by atoms with E-state index >= 15 is 0 Å². The Balaban J connectivity index is 1.49. The lowest BCUT2D eigenvalue weighted by Crippen LogP contribution is -2.47. The van der Waals surface area contributed by atoms with Gasteiger partial charge in [0.1, 0.15) is 0 Å². The number of benzene rings is 1. The average Bonchev–Trinajstić information content (AvgIpc) is 2.90. The molecule has 2 aliphatic rings. The van der Waals surface area contributed by atoms with Crippen LogP contribution in [0, 0.1) is 0 Å². The van der Waals surface area contributed by atoms with Crippen LogP contribution in [0.1, 0.15) is 12.0 Å². The summed E-state index contributed by atoms with van der Waals surface area (Å²) in [5.74, 6) is 0.0349. The van der Waals surface area contributed by atoms with E-state index in [4.69, 9.17) is 23.2 Å². The number of nitrogens with zero attached hydrogens (tertiary/aromatic N) is 4. The van der Waals surface area contributed by atoms with Gasteiger partial charge in [-0.2, -0.15) is 0 Å². The smallest absolute Gasteiger partial charge is 0.246 e. The lowest BCUT2D eigenvalue weighted by molar-refractivity contribution is -0.130. The molecule has 0 aromatic heterocycles. The lowest BCUT2D eigenvalue weighted by Gasteiger charge is -2.33. The van der Waals surface area contributed by atoms with Crippen LogP contribution in [0.25, 0.3) is 6.08 Å². The summed E-state index contributed by atoms with van der Waals surface area (Å²) in [5, 5.41) is 0.940. The zero-order chi connectivity index (χ0) is 20.8. The van der Waals surface area contributed by atoms with Crippen LogP contribution in [0.4, 0.5) is 0 Å². The van der Waals surface area contributed by atoms with Crippen LogP contribution in [0.5, 0.6) is 0 Å². The molecule has 2 aliphatic heterocycles. The van der Waals surface area contributed by atoms with Crippen LogP contribution in [-0.4, -0.2) is 97.4 Å². The Hall–Kier alpha value is -1.60. The van der Waals surface area contributed by atoms with Crippen molar-refractivity contribution in [2.75, 3.05) is 66.0 Å². The fourth-order valence-corrected chi connectivity index (χ4v) is 3.85. The molecule has 0 spiro atoms. The first kappa shape index (κ1) is 22.1. The van der Waals surface area contributed by atoms with Crippen molar-refractivity contribution in [2.45, 2.75) is 6.42 Å².